The van der Waals surface area contributed by atoms with Gasteiger partial charge in [-0.1, -0.05) is 0 Å². The molecule has 4 nitrogen and oxygen atoms in total. The minimum Gasteiger partial charge on any atom is -0.481 e. The molecule has 17 heavy (non-hydrogen) atoms. The highest BCUT2D eigenvalue weighted by Gasteiger charge is 2.62. The first kappa shape index (κ1) is 12.2. The number of hydrogen-bond donors (Lipinski definition) is 1. The molecule has 0 aromatic rings. The number of alkyl halides is 3. The molecule has 2 rings (SSSR count). The first-order chi connectivity index (χ1) is 7.77. The molecule has 2 fully saturated rings. The van der Waals surface area contributed by atoms with Crippen LogP contribution in [0.25, 0.3) is 0 Å². The zero-order valence-corrected chi connectivity index (χ0v) is 8.96. The van der Waals surface area contributed by atoms with Gasteiger partial charge in [0.15, 0.2) is 0 Å². The Hall–Kier alpha value is -1.27. The fourth-order valence-corrected chi connectivity index (χ4v) is 2.80. The summed E-state index contributed by atoms with van der Waals surface area (Å²) in [5, 5.41) is 8.66. The maximum absolute atomic E-state index is 12.3. The predicted octanol–water partition coefficient (Wildman–Crippen LogP) is 1.40. The zero-order chi connectivity index (χ0) is 12.8. The number of amides is 1. The summed E-state index contributed by atoms with van der Waals surface area (Å²) >= 11 is 0. The summed E-state index contributed by atoms with van der Waals surface area (Å²) in [6.45, 7) is -0.0926. The van der Waals surface area contributed by atoms with Gasteiger partial charge in [0.05, 0.1) is 6.42 Å². The lowest BCUT2D eigenvalue weighted by Crippen LogP contribution is -2.74. The Morgan fingerprint density at radius 3 is 2.29 bits per heavy atom. The van der Waals surface area contributed by atoms with Crippen LogP contribution >= 0.6 is 0 Å². The molecule has 1 atom stereocenters. The van der Waals surface area contributed by atoms with Crippen molar-refractivity contribution in [3.05, 3.63) is 0 Å². The van der Waals surface area contributed by atoms with Crippen molar-refractivity contribution in [2.24, 2.45) is 5.92 Å². The Balaban J connectivity index is 2.09. The minimum absolute atomic E-state index is 0.0926. The molecule has 1 amide bonds. The third-order valence-electron chi connectivity index (χ3n) is 3.83. The van der Waals surface area contributed by atoms with E-state index in [9.17, 15) is 22.8 Å². The van der Waals surface area contributed by atoms with Crippen LogP contribution in [0, 0.1) is 5.92 Å². The standard InChI is InChI=1S/C10H12F3NO3/c11-10(12,13)8(17)14-5-6(4-7(15)16)9(14)2-1-3-9/h6H,1-5H2,(H,15,16). The Bertz CT molecular complexity index is 362. The number of carbonyl (C=O) groups excluding carboxylic acids is 1. The van der Waals surface area contributed by atoms with Crippen molar-refractivity contribution >= 4 is 11.9 Å². The van der Waals surface area contributed by atoms with E-state index in [1.165, 1.54) is 0 Å². The third kappa shape index (κ3) is 1.77. The van der Waals surface area contributed by atoms with Crippen LogP contribution in [-0.2, 0) is 9.59 Å². The molecular formula is C10H12F3NO3. The van der Waals surface area contributed by atoms with Gasteiger partial charge in [0.2, 0.25) is 0 Å². The zero-order valence-electron chi connectivity index (χ0n) is 8.96. The van der Waals surface area contributed by atoms with Crippen molar-refractivity contribution in [2.45, 2.75) is 37.4 Å². The molecule has 0 aromatic carbocycles. The average molecular weight is 251 g/mol. The van der Waals surface area contributed by atoms with Crippen molar-refractivity contribution in [1.82, 2.24) is 4.90 Å². The molecule has 96 valence electrons. The molecular weight excluding hydrogens is 239 g/mol. The van der Waals surface area contributed by atoms with Gasteiger partial charge >= 0.3 is 18.1 Å². The van der Waals surface area contributed by atoms with Gasteiger partial charge in [-0.25, -0.2) is 0 Å². The lowest BCUT2D eigenvalue weighted by molar-refractivity contribution is -0.218. The molecule has 2 aliphatic rings. The average Bonchev–Trinajstić information content (AvgIpc) is 2.05. The normalized spacial score (nSPS) is 26.3. The van der Waals surface area contributed by atoms with E-state index < -0.39 is 23.6 Å². The monoisotopic (exact) mass is 251 g/mol. The number of aliphatic carboxylic acids is 1. The Morgan fingerprint density at radius 1 is 1.35 bits per heavy atom. The Labute approximate surface area is 95.4 Å². The topological polar surface area (TPSA) is 57.6 Å². The fraction of sp³-hybridized carbons (Fsp3) is 0.800. The molecule has 0 aromatic heterocycles. The first-order valence-electron chi connectivity index (χ1n) is 5.38. The Morgan fingerprint density at radius 2 is 1.94 bits per heavy atom. The minimum atomic E-state index is -4.86. The van der Waals surface area contributed by atoms with Crippen LogP contribution in [0.4, 0.5) is 13.2 Å². The van der Waals surface area contributed by atoms with Gasteiger partial charge in [-0.15, -0.1) is 0 Å². The van der Waals surface area contributed by atoms with Crippen LogP contribution < -0.4 is 0 Å². The second-order valence-corrected chi connectivity index (χ2v) is 4.67. The number of carboxylic acids is 1. The lowest BCUT2D eigenvalue weighted by atomic mass is 9.60. The second kappa shape index (κ2) is 3.61. The van der Waals surface area contributed by atoms with E-state index in [0.29, 0.717) is 12.8 Å². The van der Waals surface area contributed by atoms with Gasteiger partial charge in [0.1, 0.15) is 0 Å². The van der Waals surface area contributed by atoms with E-state index >= 15 is 0 Å². The summed E-state index contributed by atoms with van der Waals surface area (Å²) < 4.78 is 36.9. The maximum Gasteiger partial charge on any atom is 0.471 e. The van der Waals surface area contributed by atoms with E-state index in [1.54, 1.807) is 0 Å². The maximum atomic E-state index is 12.3. The van der Waals surface area contributed by atoms with Crippen LogP contribution in [0.15, 0.2) is 0 Å². The van der Waals surface area contributed by atoms with E-state index in [1.807, 2.05) is 0 Å². The van der Waals surface area contributed by atoms with Crippen molar-refractivity contribution in [1.29, 1.82) is 0 Å². The number of nitrogens with zero attached hydrogens (tertiary/aromatic N) is 1. The van der Waals surface area contributed by atoms with Gasteiger partial charge in [-0.3, -0.25) is 9.59 Å². The molecule has 0 radical (unpaired) electrons. The van der Waals surface area contributed by atoms with E-state index in [0.717, 1.165) is 11.3 Å². The summed E-state index contributed by atoms with van der Waals surface area (Å²) in [7, 11) is 0. The second-order valence-electron chi connectivity index (χ2n) is 4.67. The molecule has 1 saturated heterocycles. The molecule has 1 unspecified atom stereocenters. The van der Waals surface area contributed by atoms with Crippen molar-refractivity contribution < 1.29 is 27.9 Å². The summed E-state index contributed by atoms with van der Waals surface area (Å²) in [5.74, 6) is -3.20. The number of carbonyl (C=O) groups is 2. The van der Waals surface area contributed by atoms with Gasteiger partial charge in [0.25, 0.3) is 0 Å². The first-order valence-corrected chi connectivity index (χ1v) is 5.38. The van der Waals surface area contributed by atoms with Gasteiger partial charge in [-0.05, 0) is 19.3 Å². The van der Waals surface area contributed by atoms with Crippen LogP contribution in [0.2, 0.25) is 0 Å². The van der Waals surface area contributed by atoms with E-state index in [2.05, 4.69) is 0 Å². The highest BCUT2D eigenvalue weighted by molar-refractivity contribution is 5.84. The predicted molar refractivity (Wildman–Crippen MR) is 50.1 cm³/mol. The van der Waals surface area contributed by atoms with Crippen molar-refractivity contribution in [3.63, 3.8) is 0 Å². The summed E-state index contributed by atoms with van der Waals surface area (Å²) in [4.78, 5) is 22.5. The summed E-state index contributed by atoms with van der Waals surface area (Å²) in [6.07, 6.45) is -3.32. The molecule has 1 spiro atoms. The van der Waals surface area contributed by atoms with Gasteiger partial charge in [-0.2, -0.15) is 13.2 Å². The smallest absolute Gasteiger partial charge is 0.471 e. The number of likely N-dealkylation sites (tertiary alicyclic amines) is 1. The number of halogens is 3. The molecule has 7 heteroatoms. The molecule has 1 N–H and O–H groups in total. The Kier molecular flexibility index (Phi) is 2.59. The van der Waals surface area contributed by atoms with Gasteiger partial charge < -0.3 is 10.0 Å². The molecule has 1 saturated carbocycles. The molecule has 1 heterocycles. The quantitative estimate of drug-likeness (QED) is 0.807. The highest BCUT2D eigenvalue weighted by atomic mass is 19.4. The van der Waals surface area contributed by atoms with E-state index in [-0.39, 0.29) is 18.9 Å². The van der Waals surface area contributed by atoms with Crippen LogP contribution in [-0.4, -0.2) is 40.1 Å². The fourth-order valence-electron chi connectivity index (χ4n) is 2.80. The van der Waals surface area contributed by atoms with Crippen LogP contribution in [0.3, 0.4) is 0 Å². The SMILES string of the molecule is O=C(O)CC1CN(C(=O)C(F)(F)F)C12CCC2. The van der Waals surface area contributed by atoms with Crippen LogP contribution in [0.1, 0.15) is 25.7 Å². The highest BCUT2D eigenvalue weighted by Crippen LogP contribution is 2.53. The molecule has 1 aliphatic heterocycles. The van der Waals surface area contributed by atoms with Crippen molar-refractivity contribution in [3.8, 4) is 0 Å². The summed E-state index contributed by atoms with van der Waals surface area (Å²) in [6, 6.07) is 0. The number of hydrogen-bond acceptors (Lipinski definition) is 2. The molecule has 0 bridgehead atoms. The van der Waals surface area contributed by atoms with Crippen LogP contribution in [0.5, 0.6) is 0 Å². The number of rotatable bonds is 2. The lowest BCUT2D eigenvalue weighted by Gasteiger charge is -2.63. The van der Waals surface area contributed by atoms with Crippen molar-refractivity contribution in [2.75, 3.05) is 6.54 Å². The largest absolute Gasteiger partial charge is 0.481 e. The summed E-state index contributed by atoms with van der Waals surface area (Å²) in [5.41, 5.74) is -0.828. The van der Waals surface area contributed by atoms with E-state index in [4.69, 9.17) is 5.11 Å². The third-order valence-corrected chi connectivity index (χ3v) is 3.83. The van der Waals surface area contributed by atoms with Gasteiger partial charge in [0, 0.05) is 18.0 Å². The molecule has 1 aliphatic carbocycles. The number of carboxylic acid groups (broad SMARTS) is 1.